The van der Waals surface area contributed by atoms with Crippen molar-refractivity contribution in [3.63, 3.8) is 0 Å². The van der Waals surface area contributed by atoms with Gasteiger partial charge < -0.3 is 0 Å². The van der Waals surface area contributed by atoms with Crippen LogP contribution in [-0.2, 0) is 4.79 Å². The van der Waals surface area contributed by atoms with Crippen LogP contribution in [-0.4, -0.2) is 29.8 Å². The number of piperidine rings is 1. The van der Waals surface area contributed by atoms with E-state index >= 15 is 0 Å². The van der Waals surface area contributed by atoms with Gasteiger partial charge in [-0.2, -0.15) is 0 Å². The average Bonchev–Trinajstić information content (AvgIpc) is 2.40. The first kappa shape index (κ1) is 13.6. The molecule has 0 bridgehead atoms. The van der Waals surface area contributed by atoms with E-state index in [9.17, 15) is 4.79 Å². The Bertz CT molecular complexity index is 318. The third-order valence-corrected chi connectivity index (χ3v) is 4.50. The van der Waals surface area contributed by atoms with Gasteiger partial charge in [0.2, 0.25) is 0 Å². The second-order valence-corrected chi connectivity index (χ2v) is 5.73. The van der Waals surface area contributed by atoms with Crippen LogP contribution in [0.2, 0.25) is 0 Å². The number of carbonyl (C=O) groups is 1. The summed E-state index contributed by atoms with van der Waals surface area (Å²) in [7, 11) is 0. The summed E-state index contributed by atoms with van der Waals surface area (Å²) >= 11 is 0. The number of hydrogen-bond acceptors (Lipinski definition) is 2. The molecular formula is C16H25NO. The predicted molar refractivity (Wildman–Crippen MR) is 74.2 cm³/mol. The van der Waals surface area contributed by atoms with E-state index in [1.165, 1.54) is 32.2 Å². The molecule has 0 spiro atoms. The Labute approximate surface area is 111 Å². The molecule has 1 saturated heterocycles. The van der Waals surface area contributed by atoms with Crippen molar-refractivity contribution < 1.29 is 4.79 Å². The van der Waals surface area contributed by atoms with Crippen LogP contribution < -0.4 is 0 Å². The highest BCUT2D eigenvalue weighted by atomic mass is 16.1. The minimum Gasteiger partial charge on any atom is -0.300 e. The molecule has 1 heterocycles. The van der Waals surface area contributed by atoms with E-state index in [4.69, 9.17) is 6.42 Å². The molecule has 0 aromatic carbocycles. The van der Waals surface area contributed by atoms with Crippen LogP contribution >= 0.6 is 0 Å². The van der Waals surface area contributed by atoms with E-state index in [0.29, 0.717) is 17.7 Å². The van der Waals surface area contributed by atoms with E-state index in [1.807, 2.05) is 0 Å². The minimum atomic E-state index is 0.324. The highest BCUT2D eigenvalue weighted by molar-refractivity contribution is 5.82. The van der Waals surface area contributed by atoms with Crippen LogP contribution in [0.3, 0.4) is 0 Å². The monoisotopic (exact) mass is 247 g/mol. The maximum atomic E-state index is 12.1. The number of ketones is 1. The van der Waals surface area contributed by atoms with Crippen LogP contribution in [0.1, 0.15) is 57.8 Å². The molecule has 18 heavy (non-hydrogen) atoms. The summed E-state index contributed by atoms with van der Waals surface area (Å²) in [4.78, 5) is 14.7. The minimum absolute atomic E-state index is 0.324. The number of terminal acetylenes is 1. The Kier molecular flexibility index (Phi) is 5.26. The maximum Gasteiger partial charge on any atom is 0.137 e. The predicted octanol–water partition coefficient (Wildman–Crippen LogP) is 3.01. The van der Waals surface area contributed by atoms with E-state index in [1.54, 1.807) is 0 Å². The number of likely N-dealkylation sites (tertiary alicyclic amines) is 1. The SMILES string of the molecule is C#CCCCN1CCCCC1C1CCCCC1=O. The molecule has 100 valence electrons. The van der Waals surface area contributed by atoms with E-state index < -0.39 is 0 Å². The lowest BCUT2D eigenvalue weighted by atomic mass is 9.79. The van der Waals surface area contributed by atoms with Crippen molar-refractivity contribution >= 4 is 5.78 Å². The molecule has 1 aliphatic carbocycles. The van der Waals surface area contributed by atoms with Gasteiger partial charge in [0.25, 0.3) is 0 Å². The van der Waals surface area contributed by atoms with Gasteiger partial charge in [0.1, 0.15) is 5.78 Å². The van der Waals surface area contributed by atoms with Crippen LogP contribution in [0.5, 0.6) is 0 Å². The summed E-state index contributed by atoms with van der Waals surface area (Å²) in [5.74, 6) is 3.56. The van der Waals surface area contributed by atoms with E-state index in [0.717, 1.165) is 38.6 Å². The Morgan fingerprint density at radius 1 is 1.22 bits per heavy atom. The summed E-state index contributed by atoms with van der Waals surface area (Å²) < 4.78 is 0. The fourth-order valence-corrected chi connectivity index (χ4v) is 3.55. The Morgan fingerprint density at radius 3 is 2.83 bits per heavy atom. The molecule has 2 unspecified atom stereocenters. The second-order valence-electron chi connectivity index (χ2n) is 5.73. The van der Waals surface area contributed by atoms with Gasteiger partial charge in [-0.3, -0.25) is 9.69 Å². The Balaban J connectivity index is 1.93. The molecule has 1 saturated carbocycles. The van der Waals surface area contributed by atoms with Gasteiger partial charge in [-0.25, -0.2) is 0 Å². The van der Waals surface area contributed by atoms with Crippen molar-refractivity contribution in [1.82, 2.24) is 4.90 Å². The van der Waals surface area contributed by atoms with Crippen molar-refractivity contribution in [2.45, 2.75) is 63.8 Å². The summed E-state index contributed by atoms with van der Waals surface area (Å²) in [5.41, 5.74) is 0. The smallest absolute Gasteiger partial charge is 0.137 e. The molecule has 0 aromatic rings. The van der Waals surface area contributed by atoms with Gasteiger partial charge in [0.05, 0.1) is 0 Å². The van der Waals surface area contributed by atoms with Crippen molar-refractivity contribution in [2.24, 2.45) is 5.92 Å². The van der Waals surface area contributed by atoms with E-state index in [-0.39, 0.29) is 0 Å². The summed E-state index contributed by atoms with van der Waals surface area (Å²) in [5, 5.41) is 0. The number of hydrogen-bond donors (Lipinski definition) is 0. The normalized spacial score (nSPS) is 30.1. The summed E-state index contributed by atoms with van der Waals surface area (Å²) in [6, 6.07) is 0.518. The molecular weight excluding hydrogens is 222 g/mol. The lowest BCUT2D eigenvalue weighted by molar-refractivity contribution is -0.127. The molecule has 0 aromatic heterocycles. The third-order valence-electron chi connectivity index (χ3n) is 4.50. The fraction of sp³-hybridized carbons (Fsp3) is 0.812. The topological polar surface area (TPSA) is 20.3 Å². The quantitative estimate of drug-likeness (QED) is 0.562. The average molecular weight is 247 g/mol. The standard InChI is InChI=1S/C16H25NO/c1-2-3-7-12-17-13-8-6-10-15(17)14-9-4-5-11-16(14)18/h1,14-15H,3-13H2. The van der Waals surface area contributed by atoms with Gasteiger partial charge in [-0.15, -0.1) is 12.3 Å². The fourth-order valence-electron chi connectivity index (χ4n) is 3.55. The van der Waals surface area contributed by atoms with Gasteiger partial charge >= 0.3 is 0 Å². The largest absolute Gasteiger partial charge is 0.300 e. The first-order chi connectivity index (χ1) is 8.83. The third kappa shape index (κ3) is 3.36. The van der Waals surface area contributed by atoms with Crippen molar-refractivity contribution in [1.29, 1.82) is 0 Å². The molecule has 1 aliphatic heterocycles. The van der Waals surface area contributed by atoms with Gasteiger partial charge in [-0.1, -0.05) is 12.8 Å². The molecule has 2 nitrogen and oxygen atoms in total. The zero-order valence-electron chi connectivity index (χ0n) is 11.4. The van der Waals surface area contributed by atoms with E-state index in [2.05, 4.69) is 10.8 Å². The summed E-state index contributed by atoms with van der Waals surface area (Å²) in [6.45, 7) is 2.25. The van der Waals surface area contributed by atoms with Crippen LogP contribution in [0.4, 0.5) is 0 Å². The zero-order valence-corrected chi connectivity index (χ0v) is 11.4. The second kappa shape index (κ2) is 6.95. The first-order valence-electron chi connectivity index (χ1n) is 7.53. The number of nitrogens with zero attached hydrogens (tertiary/aromatic N) is 1. The zero-order chi connectivity index (χ0) is 12.8. The van der Waals surface area contributed by atoms with Gasteiger partial charge in [0, 0.05) is 24.8 Å². The number of rotatable bonds is 4. The van der Waals surface area contributed by atoms with Crippen LogP contribution in [0.25, 0.3) is 0 Å². The van der Waals surface area contributed by atoms with Crippen LogP contribution in [0.15, 0.2) is 0 Å². The molecule has 2 atom stereocenters. The lowest BCUT2D eigenvalue weighted by Gasteiger charge is -2.41. The van der Waals surface area contributed by atoms with Crippen molar-refractivity contribution in [3.8, 4) is 12.3 Å². The number of carbonyl (C=O) groups excluding carboxylic acids is 1. The van der Waals surface area contributed by atoms with Gasteiger partial charge in [0.15, 0.2) is 0 Å². The molecule has 2 aliphatic rings. The molecule has 2 heteroatoms. The maximum absolute atomic E-state index is 12.1. The molecule has 0 amide bonds. The van der Waals surface area contributed by atoms with Crippen molar-refractivity contribution in [3.05, 3.63) is 0 Å². The first-order valence-corrected chi connectivity index (χ1v) is 7.53. The highest BCUT2D eigenvalue weighted by Crippen LogP contribution is 2.31. The highest BCUT2D eigenvalue weighted by Gasteiger charge is 2.34. The van der Waals surface area contributed by atoms with Crippen LogP contribution in [0, 0.1) is 18.3 Å². The number of Topliss-reactive ketones (excluding diaryl/α,β-unsaturated/α-hetero) is 1. The number of unbranched alkanes of at least 4 members (excludes halogenated alkanes) is 1. The molecule has 2 rings (SSSR count). The van der Waals surface area contributed by atoms with Crippen molar-refractivity contribution in [2.75, 3.05) is 13.1 Å². The summed E-state index contributed by atoms with van der Waals surface area (Å²) in [6.07, 6.45) is 15.3. The Hall–Kier alpha value is -0.810. The van der Waals surface area contributed by atoms with Gasteiger partial charge in [-0.05, 0) is 45.2 Å². The molecule has 0 radical (unpaired) electrons. The Morgan fingerprint density at radius 2 is 2.06 bits per heavy atom. The lowest BCUT2D eigenvalue weighted by Crippen LogP contribution is -2.47. The molecule has 0 N–H and O–H groups in total. The molecule has 2 fully saturated rings.